The number of nitrogens with zero attached hydrogens (tertiary/aromatic N) is 2. The van der Waals surface area contributed by atoms with Crippen molar-refractivity contribution in [2.45, 2.75) is 18.9 Å². The summed E-state index contributed by atoms with van der Waals surface area (Å²) in [4.78, 5) is 15.7. The van der Waals surface area contributed by atoms with E-state index in [9.17, 15) is 4.79 Å². The lowest BCUT2D eigenvalue weighted by Gasteiger charge is -2.20. The zero-order valence-electron chi connectivity index (χ0n) is 11.6. The number of allylic oxidation sites excluding steroid dienone is 1. The predicted molar refractivity (Wildman–Crippen MR) is 79.5 cm³/mol. The van der Waals surface area contributed by atoms with E-state index in [2.05, 4.69) is 18.5 Å². The fourth-order valence-corrected chi connectivity index (χ4v) is 2.39. The lowest BCUT2D eigenvalue weighted by molar-refractivity contribution is -0.118. The van der Waals surface area contributed by atoms with E-state index in [-0.39, 0.29) is 5.91 Å². The molecule has 0 fully saturated rings. The average molecular weight is 259 g/mol. The van der Waals surface area contributed by atoms with Crippen molar-refractivity contribution in [3.05, 3.63) is 36.4 Å². The van der Waals surface area contributed by atoms with Gasteiger partial charge in [-0.15, -0.1) is 6.58 Å². The lowest BCUT2D eigenvalue weighted by atomic mass is 10.1. The minimum atomic E-state index is -0.514. The number of benzene rings is 1. The molecule has 0 bridgehead atoms. The zero-order valence-corrected chi connectivity index (χ0v) is 11.6. The second kappa shape index (κ2) is 5.45. The number of carbonyl (C=O) groups is 1. The topological polar surface area (TPSA) is 49.6 Å². The van der Waals surface area contributed by atoms with Gasteiger partial charge < -0.3 is 15.5 Å². The molecule has 4 heteroatoms. The van der Waals surface area contributed by atoms with Crippen LogP contribution in [0.25, 0.3) is 0 Å². The van der Waals surface area contributed by atoms with Gasteiger partial charge in [0.25, 0.3) is 0 Å². The monoisotopic (exact) mass is 259 g/mol. The minimum absolute atomic E-state index is 0.0403. The summed E-state index contributed by atoms with van der Waals surface area (Å²) in [5.74, 6) is -0.0403. The van der Waals surface area contributed by atoms with Crippen molar-refractivity contribution < 1.29 is 4.79 Å². The molecule has 2 N–H and O–H groups in total. The van der Waals surface area contributed by atoms with Gasteiger partial charge in [-0.2, -0.15) is 0 Å². The number of nitrogens with two attached hydrogens (primary N) is 1. The first-order valence-electron chi connectivity index (χ1n) is 6.55. The normalized spacial score (nSPS) is 17.5. The van der Waals surface area contributed by atoms with Gasteiger partial charge in [0.05, 0.1) is 5.69 Å². The summed E-state index contributed by atoms with van der Waals surface area (Å²) >= 11 is 0. The maximum absolute atomic E-state index is 11.8. The summed E-state index contributed by atoms with van der Waals surface area (Å²) in [5, 5.41) is 0. The van der Waals surface area contributed by atoms with E-state index in [1.807, 2.05) is 24.3 Å². The van der Waals surface area contributed by atoms with Gasteiger partial charge in [0.15, 0.2) is 0 Å². The highest BCUT2D eigenvalue weighted by atomic mass is 16.2. The zero-order chi connectivity index (χ0) is 14.0. The predicted octanol–water partition coefficient (Wildman–Crippen LogP) is 2.07. The number of fused-ring (bicyclic) bond motifs is 1. The number of anilines is 2. The fraction of sp³-hybridized carbons (Fsp3) is 0.400. The van der Waals surface area contributed by atoms with Crippen LogP contribution in [0.3, 0.4) is 0 Å². The molecule has 1 aliphatic rings. The van der Waals surface area contributed by atoms with Crippen LogP contribution in [0.1, 0.15) is 24.4 Å². The summed E-state index contributed by atoms with van der Waals surface area (Å²) in [5.41, 5.74) is 8.83. The number of carbonyl (C=O) groups excluding carboxylic acids is 1. The van der Waals surface area contributed by atoms with Crippen LogP contribution >= 0.6 is 0 Å². The van der Waals surface area contributed by atoms with Crippen molar-refractivity contribution >= 4 is 17.3 Å². The number of likely N-dealkylation sites (N-methyl/N-ethyl adjacent to an activating group) is 1. The van der Waals surface area contributed by atoms with Crippen LogP contribution in [0.5, 0.6) is 0 Å². The Labute approximate surface area is 114 Å². The molecule has 0 spiro atoms. The molecule has 2 rings (SSSR count). The van der Waals surface area contributed by atoms with Gasteiger partial charge in [0.1, 0.15) is 6.04 Å². The molecule has 1 aromatic carbocycles. The van der Waals surface area contributed by atoms with Gasteiger partial charge in [-0.05, 0) is 25.0 Å². The van der Waals surface area contributed by atoms with Crippen LogP contribution < -0.4 is 15.5 Å². The summed E-state index contributed by atoms with van der Waals surface area (Å²) in [6, 6.07) is 5.51. The van der Waals surface area contributed by atoms with Gasteiger partial charge in [0.2, 0.25) is 5.91 Å². The number of hydrogen-bond donors (Lipinski definition) is 1. The molecular weight excluding hydrogens is 238 g/mol. The Bertz CT molecular complexity index is 498. The van der Waals surface area contributed by atoms with Gasteiger partial charge in [0, 0.05) is 31.9 Å². The van der Waals surface area contributed by atoms with Crippen molar-refractivity contribution in [3.8, 4) is 0 Å². The molecule has 0 saturated heterocycles. The molecule has 0 saturated carbocycles. The Morgan fingerprint density at radius 1 is 1.53 bits per heavy atom. The molecule has 0 aliphatic carbocycles. The number of unbranched alkanes of at least 4 members (excludes halogenated alkanes) is 1. The summed E-state index contributed by atoms with van der Waals surface area (Å²) in [6.07, 6.45) is 4.02. The highest BCUT2D eigenvalue weighted by Crippen LogP contribution is 2.36. The molecule has 1 amide bonds. The van der Waals surface area contributed by atoms with Crippen LogP contribution in [0.15, 0.2) is 30.9 Å². The highest BCUT2D eigenvalue weighted by Gasteiger charge is 2.32. The van der Waals surface area contributed by atoms with E-state index in [0.717, 1.165) is 36.3 Å². The summed E-state index contributed by atoms with van der Waals surface area (Å²) in [6.45, 7) is 4.69. The van der Waals surface area contributed by atoms with Gasteiger partial charge in [-0.1, -0.05) is 12.1 Å². The van der Waals surface area contributed by atoms with Crippen molar-refractivity contribution in [1.29, 1.82) is 0 Å². The van der Waals surface area contributed by atoms with Crippen molar-refractivity contribution in [2.75, 3.05) is 30.4 Å². The molecule has 1 unspecified atom stereocenters. The first kappa shape index (κ1) is 13.6. The SMILES string of the molecule is C=CCCCN(C)c1ccc2c(c1)N(C)C(=O)C2N. The molecule has 1 atom stereocenters. The second-order valence-corrected chi connectivity index (χ2v) is 4.97. The molecular formula is C15H21N3O. The molecule has 4 nitrogen and oxygen atoms in total. The Morgan fingerprint density at radius 2 is 2.26 bits per heavy atom. The standard InChI is InChI=1S/C15H21N3O/c1-4-5-6-9-17(2)11-7-8-12-13(10-11)18(3)15(19)14(12)16/h4,7-8,10,14H,1,5-6,9,16H2,2-3H3. The second-order valence-electron chi connectivity index (χ2n) is 4.97. The summed E-state index contributed by atoms with van der Waals surface area (Å²) < 4.78 is 0. The van der Waals surface area contributed by atoms with Crippen LogP contribution in [-0.2, 0) is 4.79 Å². The molecule has 19 heavy (non-hydrogen) atoms. The smallest absolute Gasteiger partial charge is 0.248 e. The molecule has 1 heterocycles. The van der Waals surface area contributed by atoms with Gasteiger partial charge in [-0.3, -0.25) is 4.79 Å². The van der Waals surface area contributed by atoms with Crippen molar-refractivity contribution in [3.63, 3.8) is 0 Å². The maximum atomic E-state index is 11.8. The van der Waals surface area contributed by atoms with Crippen molar-refractivity contribution in [1.82, 2.24) is 0 Å². The van der Waals surface area contributed by atoms with Crippen molar-refractivity contribution in [2.24, 2.45) is 5.73 Å². The van der Waals surface area contributed by atoms with Gasteiger partial charge >= 0.3 is 0 Å². The minimum Gasteiger partial charge on any atom is -0.375 e. The third-order valence-electron chi connectivity index (χ3n) is 3.65. The quantitative estimate of drug-likeness (QED) is 0.650. The third kappa shape index (κ3) is 2.49. The van der Waals surface area contributed by atoms with E-state index in [1.54, 1.807) is 11.9 Å². The van der Waals surface area contributed by atoms with Crippen LogP contribution in [0, 0.1) is 0 Å². The number of rotatable bonds is 5. The Hall–Kier alpha value is -1.81. The number of amides is 1. The molecule has 0 aromatic heterocycles. The Balaban J connectivity index is 2.18. The number of hydrogen-bond acceptors (Lipinski definition) is 3. The molecule has 1 aliphatic heterocycles. The lowest BCUT2D eigenvalue weighted by Crippen LogP contribution is -2.27. The van der Waals surface area contributed by atoms with E-state index in [0.29, 0.717) is 0 Å². The Morgan fingerprint density at radius 3 is 2.95 bits per heavy atom. The van der Waals surface area contributed by atoms with Crippen LogP contribution in [0.4, 0.5) is 11.4 Å². The molecule has 1 aromatic rings. The average Bonchev–Trinajstić information content (AvgIpc) is 2.64. The van der Waals surface area contributed by atoms with E-state index < -0.39 is 6.04 Å². The summed E-state index contributed by atoms with van der Waals surface area (Å²) in [7, 11) is 3.83. The van der Waals surface area contributed by atoms with Crippen LogP contribution in [0.2, 0.25) is 0 Å². The van der Waals surface area contributed by atoms with E-state index in [4.69, 9.17) is 5.73 Å². The fourth-order valence-electron chi connectivity index (χ4n) is 2.39. The maximum Gasteiger partial charge on any atom is 0.248 e. The first-order valence-corrected chi connectivity index (χ1v) is 6.55. The van der Waals surface area contributed by atoms with Crippen LogP contribution in [-0.4, -0.2) is 26.5 Å². The van der Waals surface area contributed by atoms with E-state index in [1.165, 1.54) is 0 Å². The largest absolute Gasteiger partial charge is 0.375 e. The first-order chi connectivity index (χ1) is 9.06. The molecule has 102 valence electrons. The third-order valence-corrected chi connectivity index (χ3v) is 3.65. The van der Waals surface area contributed by atoms with Gasteiger partial charge in [-0.25, -0.2) is 0 Å². The highest BCUT2D eigenvalue weighted by molar-refractivity contribution is 6.04. The molecule has 0 radical (unpaired) electrons. The van der Waals surface area contributed by atoms with E-state index >= 15 is 0 Å². The Kier molecular flexibility index (Phi) is 3.90.